The molecule has 9 nitrogen and oxygen atoms in total. The third-order valence-electron chi connectivity index (χ3n) is 2.25. The number of sulfonamides is 1. The standard InChI is InChI=1S/C8H11N5O4S2/c1-5(14)10-7-11-12-8(18-7)19(16,17)13-3-2-9-6(15)4-13/h2-4H2,1H3,(H,9,15)(H,10,11,14). The van der Waals surface area contributed by atoms with Crippen LogP contribution in [0.4, 0.5) is 5.13 Å². The van der Waals surface area contributed by atoms with Crippen molar-refractivity contribution in [3.63, 3.8) is 0 Å². The van der Waals surface area contributed by atoms with Gasteiger partial charge in [0.05, 0.1) is 6.54 Å². The monoisotopic (exact) mass is 305 g/mol. The second-order valence-electron chi connectivity index (χ2n) is 3.74. The first-order valence-electron chi connectivity index (χ1n) is 5.27. The zero-order chi connectivity index (χ0) is 14.0. The Morgan fingerprint density at radius 2 is 2.21 bits per heavy atom. The molecule has 0 radical (unpaired) electrons. The maximum absolute atomic E-state index is 12.2. The summed E-state index contributed by atoms with van der Waals surface area (Å²) < 4.78 is 25.1. The number of nitrogens with zero attached hydrogens (tertiary/aromatic N) is 3. The predicted molar refractivity (Wildman–Crippen MR) is 66.0 cm³/mol. The molecule has 11 heteroatoms. The number of hydrogen-bond donors (Lipinski definition) is 2. The van der Waals surface area contributed by atoms with E-state index in [1.165, 1.54) is 6.92 Å². The summed E-state index contributed by atoms with van der Waals surface area (Å²) in [4.78, 5) is 22.0. The van der Waals surface area contributed by atoms with Crippen LogP contribution in [0.15, 0.2) is 4.34 Å². The molecule has 0 aromatic carbocycles. The van der Waals surface area contributed by atoms with Gasteiger partial charge < -0.3 is 10.6 Å². The van der Waals surface area contributed by atoms with Crippen molar-refractivity contribution in [2.45, 2.75) is 11.3 Å². The molecule has 0 aliphatic carbocycles. The fourth-order valence-electron chi connectivity index (χ4n) is 1.45. The second-order valence-corrected chi connectivity index (χ2v) is 6.83. The molecule has 0 spiro atoms. The molecule has 104 valence electrons. The van der Waals surface area contributed by atoms with Crippen LogP contribution in [0.5, 0.6) is 0 Å². The van der Waals surface area contributed by atoms with Crippen LogP contribution in [0.1, 0.15) is 6.92 Å². The Hall–Kier alpha value is -1.59. The topological polar surface area (TPSA) is 121 Å². The van der Waals surface area contributed by atoms with Gasteiger partial charge in [0, 0.05) is 20.0 Å². The van der Waals surface area contributed by atoms with Crippen molar-refractivity contribution in [3.8, 4) is 0 Å². The Balaban J connectivity index is 2.21. The minimum atomic E-state index is -3.84. The highest BCUT2D eigenvalue weighted by Gasteiger charge is 2.32. The lowest BCUT2D eigenvalue weighted by Crippen LogP contribution is -2.49. The first kappa shape index (κ1) is 13.8. The van der Waals surface area contributed by atoms with Crippen molar-refractivity contribution in [2.75, 3.05) is 25.0 Å². The van der Waals surface area contributed by atoms with Crippen LogP contribution in [0.25, 0.3) is 0 Å². The van der Waals surface area contributed by atoms with E-state index in [1.54, 1.807) is 0 Å². The molecular weight excluding hydrogens is 294 g/mol. The van der Waals surface area contributed by atoms with E-state index >= 15 is 0 Å². The van der Waals surface area contributed by atoms with E-state index < -0.39 is 10.0 Å². The molecule has 0 unspecified atom stereocenters. The molecule has 2 N–H and O–H groups in total. The molecule has 1 aliphatic rings. The van der Waals surface area contributed by atoms with Crippen LogP contribution in [0.2, 0.25) is 0 Å². The second kappa shape index (κ2) is 5.19. The Morgan fingerprint density at radius 3 is 2.84 bits per heavy atom. The number of carbonyl (C=O) groups excluding carboxylic acids is 2. The SMILES string of the molecule is CC(=O)Nc1nnc(S(=O)(=O)N2CCNC(=O)C2)s1. The normalized spacial score (nSPS) is 17.0. The first-order valence-corrected chi connectivity index (χ1v) is 7.53. The number of nitrogens with one attached hydrogen (secondary N) is 2. The van der Waals surface area contributed by atoms with Crippen LogP contribution in [0, 0.1) is 0 Å². The van der Waals surface area contributed by atoms with Gasteiger partial charge in [0.2, 0.25) is 21.3 Å². The summed E-state index contributed by atoms with van der Waals surface area (Å²) in [6.45, 7) is 1.49. The van der Waals surface area contributed by atoms with Gasteiger partial charge in [0.15, 0.2) is 0 Å². The molecule has 2 heterocycles. The number of hydrogen-bond acceptors (Lipinski definition) is 7. The summed E-state index contributed by atoms with van der Waals surface area (Å²) >= 11 is 0.748. The Labute approximate surface area is 113 Å². The number of aromatic nitrogens is 2. The van der Waals surface area contributed by atoms with E-state index in [4.69, 9.17) is 0 Å². The lowest BCUT2D eigenvalue weighted by molar-refractivity contribution is -0.122. The molecule has 2 rings (SSSR count). The van der Waals surface area contributed by atoms with Crippen molar-refractivity contribution >= 4 is 38.3 Å². The molecule has 0 saturated carbocycles. The van der Waals surface area contributed by atoms with E-state index in [0.717, 1.165) is 15.6 Å². The van der Waals surface area contributed by atoms with Crippen LogP contribution in [0.3, 0.4) is 0 Å². The van der Waals surface area contributed by atoms with E-state index in [0.29, 0.717) is 0 Å². The highest BCUT2D eigenvalue weighted by molar-refractivity contribution is 7.91. The highest BCUT2D eigenvalue weighted by Crippen LogP contribution is 2.23. The van der Waals surface area contributed by atoms with Gasteiger partial charge in [-0.05, 0) is 0 Å². The summed E-state index contributed by atoms with van der Waals surface area (Å²) in [7, 11) is -3.84. The summed E-state index contributed by atoms with van der Waals surface area (Å²) in [6.07, 6.45) is 0. The fourth-order valence-corrected chi connectivity index (χ4v) is 3.93. The Bertz CT molecular complexity index is 610. The molecular formula is C8H11N5O4S2. The van der Waals surface area contributed by atoms with Gasteiger partial charge >= 0.3 is 0 Å². The van der Waals surface area contributed by atoms with Crippen molar-refractivity contribution < 1.29 is 18.0 Å². The van der Waals surface area contributed by atoms with Gasteiger partial charge in [-0.2, -0.15) is 4.31 Å². The minimum Gasteiger partial charge on any atom is -0.354 e. The summed E-state index contributed by atoms with van der Waals surface area (Å²) in [5.74, 6) is -0.723. The molecule has 0 atom stereocenters. The van der Waals surface area contributed by atoms with Crippen LogP contribution < -0.4 is 10.6 Å². The maximum Gasteiger partial charge on any atom is 0.272 e. The van der Waals surface area contributed by atoms with Gasteiger partial charge in [0.25, 0.3) is 10.0 Å². The number of amides is 2. The zero-order valence-electron chi connectivity index (χ0n) is 9.91. The van der Waals surface area contributed by atoms with E-state index in [1.807, 2.05) is 0 Å². The van der Waals surface area contributed by atoms with E-state index in [2.05, 4.69) is 20.8 Å². The number of rotatable bonds is 3. The summed E-state index contributed by atoms with van der Waals surface area (Å²) in [6, 6.07) is 0. The maximum atomic E-state index is 12.2. The predicted octanol–water partition coefficient (Wildman–Crippen LogP) is -1.38. The average Bonchev–Trinajstić information content (AvgIpc) is 2.77. The highest BCUT2D eigenvalue weighted by atomic mass is 32.2. The van der Waals surface area contributed by atoms with Crippen molar-refractivity contribution in [3.05, 3.63) is 0 Å². The first-order chi connectivity index (χ1) is 8.89. The van der Waals surface area contributed by atoms with Crippen molar-refractivity contribution in [2.24, 2.45) is 0 Å². The quantitative estimate of drug-likeness (QED) is 0.664. The molecule has 1 saturated heterocycles. The average molecular weight is 305 g/mol. The Morgan fingerprint density at radius 1 is 1.47 bits per heavy atom. The van der Waals surface area contributed by atoms with Crippen molar-refractivity contribution in [1.29, 1.82) is 0 Å². The molecule has 1 aromatic heterocycles. The van der Waals surface area contributed by atoms with Gasteiger partial charge in [-0.15, -0.1) is 10.2 Å². The summed E-state index contributed by atoms with van der Waals surface area (Å²) in [5.41, 5.74) is 0. The van der Waals surface area contributed by atoms with Crippen molar-refractivity contribution in [1.82, 2.24) is 19.8 Å². The van der Waals surface area contributed by atoms with Gasteiger partial charge in [-0.3, -0.25) is 9.59 Å². The summed E-state index contributed by atoms with van der Waals surface area (Å²) in [5, 5.41) is 12.1. The largest absolute Gasteiger partial charge is 0.354 e. The molecule has 1 aliphatic heterocycles. The van der Waals surface area contributed by atoms with Gasteiger partial charge in [-0.1, -0.05) is 11.3 Å². The van der Waals surface area contributed by atoms with E-state index in [-0.39, 0.29) is 40.9 Å². The third-order valence-corrected chi connectivity index (χ3v) is 5.28. The van der Waals surface area contributed by atoms with Crippen LogP contribution >= 0.6 is 11.3 Å². The van der Waals surface area contributed by atoms with Crippen LogP contribution in [-0.2, 0) is 19.6 Å². The molecule has 19 heavy (non-hydrogen) atoms. The smallest absolute Gasteiger partial charge is 0.272 e. The molecule has 2 amide bonds. The van der Waals surface area contributed by atoms with Gasteiger partial charge in [0.1, 0.15) is 0 Å². The van der Waals surface area contributed by atoms with E-state index in [9.17, 15) is 18.0 Å². The molecule has 1 fully saturated rings. The zero-order valence-corrected chi connectivity index (χ0v) is 11.5. The lowest BCUT2D eigenvalue weighted by Gasteiger charge is -2.24. The minimum absolute atomic E-state index is 0.104. The number of anilines is 1. The van der Waals surface area contributed by atoms with Crippen LogP contribution in [-0.4, -0.2) is 54.4 Å². The van der Waals surface area contributed by atoms with Gasteiger partial charge in [-0.25, -0.2) is 8.42 Å². The number of piperazine rings is 1. The molecule has 0 bridgehead atoms. The number of carbonyl (C=O) groups is 2. The molecule has 1 aromatic rings. The fraction of sp³-hybridized carbons (Fsp3) is 0.500. The Kier molecular flexibility index (Phi) is 3.78. The third kappa shape index (κ3) is 3.05. The lowest BCUT2D eigenvalue weighted by atomic mass is 10.4.